The number of ether oxygens (including phenoxy) is 1. The molecule has 5 nitrogen and oxygen atoms in total. The van der Waals surface area contributed by atoms with Crippen LogP contribution in [0.4, 0.5) is 0 Å². The topological polar surface area (TPSA) is 83.8 Å². The maximum absolute atomic E-state index is 11.7. The van der Waals surface area contributed by atoms with E-state index in [4.69, 9.17) is 10.2 Å². The largest absolute Gasteiger partial charge is 0.393 e. The third kappa shape index (κ3) is 6.12. The Hall–Kier alpha value is -0.940. The molecule has 0 heterocycles. The molecule has 5 heteroatoms. The average molecular weight is 260 g/mol. The van der Waals surface area contributed by atoms with Crippen LogP contribution in [0.15, 0.2) is 0 Å². The maximum Gasteiger partial charge on any atom is 0.345 e. The Morgan fingerprint density at radius 3 is 2.33 bits per heavy atom. The van der Waals surface area contributed by atoms with Crippen molar-refractivity contribution in [1.29, 1.82) is 0 Å². The molecule has 0 rings (SSSR count). The van der Waals surface area contributed by atoms with Crippen LogP contribution in [0.3, 0.4) is 0 Å². The lowest BCUT2D eigenvalue weighted by molar-refractivity contribution is -0.173. The third-order valence-electron chi connectivity index (χ3n) is 2.85. The molecule has 0 aliphatic heterocycles. The number of aliphatic hydroxyl groups is 2. The molecule has 0 fully saturated rings. The zero-order chi connectivity index (χ0) is 14.2. The summed E-state index contributed by atoms with van der Waals surface area (Å²) in [4.78, 5) is 22.9. The molecular weight excluding hydrogens is 236 g/mol. The summed E-state index contributed by atoms with van der Waals surface area (Å²) in [6.45, 7) is 4.77. The van der Waals surface area contributed by atoms with E-state index in [1.165, 1.54) is 0 Å². The van der Waals surface area contributed by atoms with Crippen molar-refractivity contribution in [2.24, 2.45) is 5.41 Å². The van der Waals surface area contributed by atoms with E-state index >= 15 is 0 Å². The highest BCUT2D eigenvalue weighted by Gasteiger charge is 2.32. The van der Waals surface area contributed by atoms with Gasteiger partial charge in [0, 0.05) is 0 Å². The van der Waals surface area contributed by atoms with Crippen LogP contribution in [-0.4, -0.2) is 34.9 Å². The van der Waals surface area contributed by atoms with Gasteiger partial charge in [0.2, 0.25) is 0 Å². The molecular formula is C13H24O5. The molecule has 106 valence electrons. The second-order valence-electron chi connectivity index (χ2n) is 5.10. The minimum absolute atomic E-state index is 0.633. The zero-order valence-corrected chi connectivity index (χ0v) is 11.4. The van der Waals surface area contributed by atoms with Gasteiger partial charge in [0.05, 0.1) is 12.0 Å². The smallest absolute Gasteiger partial charge is 0.345 e. The summed E-state index contributed by atoms with van der Waals surface area (Å²) in [5, 5.41) is 17.6. The minimum atomic E-state index is -1.65. The lowest BCUT2D eigenvalue weighted by atomic mass is 9.87. The van der Waals surface area contributed by atoms with Gasteiger partial charge in [0.1, 0.15) is 0 Å². The molecule has 0 aliphatic carbocycles. The summed E-state index contributed by atoms with van der Waals surface area (Å²) in [7, 11) is 0. The number of aliphatic hydroxyl groups excluding tert-OH is 2. The fourth-order valence-corrected chi connectivity index (χ4v) is 1.47. The highest BCUT2D eigenvalue weighted by molar-refractivity contribution is 5.90. The molecule has 0 aromatic rings. The van der Waals surface area contributed by atoms with Crippen molar-refractivity contribution in [3.05, 3.63) is 0 Å². The monoisotopic (exact) mass is 260 g/mol. The van der Waals surface area contributed by atoms with Gasteiger partial charge in [-0.15, -0.1) is 0 Å². The maximum atomic E-state index is 11.7. The Bertz CT molecular complexity index is 273. The van der Waals surface area contributed by atoms with Crippen LogP contribution in [0.2, 0.25) is 0 Å². The molecule has 0 saturated carbocycles. The first-order valence-electron chi connectivity index (χ1n) is 6.40. The van der Waals surface area contributed by atoms with E-state index in [-0.39, 0.29) is 0 Å². The summed E-state index contributed by atoms with van der Waals surface area (Å²) < 4.78 is 4.54. The molecule has 0 aromatic carbocycles. The van der Waals surface area contributed by atoms with Crippen LogP contribution in [0.1, 0.15) is 52.9 Å². The van der Waals surface area contributed by atoms with Crippen molar-refractivity contribution < 1.29 is 24.5 Å². The van der Waals surface area contributed by atoms with E-state index in [2.05, 4.69) is 11.7 Å². The summed E-state index contributed by atoms with van der Waals surface area (Å²) in [6.07, 6.45) is 3.16. The standard InChI is InChI=1S/C13H24O5/c1-4-5-6-7-8-13(2,3)12(17)18-11(16)10(15)9-14/h10,14-15H,4-9H2,1-3H3. The Kier molecular flexibility index (Phi) is 7.78. The molecule has 2 N–H and O–H groups in total. The van der Waals surface area contributed by atoms with E-state index in [1.807, 2.05) is 0 Å². The first kappa shape index (κ1) is 17.1. The second-order valence-corrected chi connectivity index (χ2v) is 5.10. The van der Waals surface area contributed by atoms with Crippen molar-refractivity contribution >= 4 is 11.9 Å². The fraction of sp³-hybridized carbons (Fsp3) is 0.846. The van der Waals surface area contributed by atoms with Crippen LogP contribution in [0.5, 0.6) is 0 Å². The molecule has 0 aromatic heterocycles. The summed E-state index contributed by atoms with van der Waals surface area (Å²) >= 11 is 0. The SMILES string of the molecule is CCCCCCC(C)(C)C(=O)OC(=O)C(O)CO. The molecule has 0 amide bonds. The highest BCUT2D eigenvalue weighted by Crippen LogP contribution is 2.25. The number of hydrogen-bond donors (Lipinski definition) is 2. The van der Waals surface area contributed by atoms with Crippen molar-refractivity contribution in [2.75, 3.05) is 6.61 Å². The molecule has 1 unspecified atom stereocenters. The number of esters is 2. The first-order chi connectivity index (χ1) is 8.35. The first-order valence-corrected chi connectivity index (χ1v) is 6.40. The quantitative estimate of drug-likeness (QED) is 0.391. The second kappa shape index (κ2) is 8.21. The molecule has 0 saturated heterocycles. The Labute approximate surface area is 108 Å². The predicted molar refractivity (Wildman–Crippen MR) is 66.7 cm³/mol. The number of hydrogen-bond acceptors (Lipinski definition) is 5. The number of unbranched alkanes of at least 4 members (excludes halogenated alkanes) is 3. The average Bonchev–Trinajstić information content (AvgIpc) is 2.33. The van der Waals surface area contributed by atoms with Crippen LogP contribution < -0.4 is 0 Å². The number of carbonyl (C=O) groups is 2. The van der Waals surface area contributed by atoms with Gasteiger partial charge in [0.25, 0.3) is 0 Å². The number of carbonyl (C=O) groups excluding carboxylic acids is 2. The molecule has 0 aliphatic rings. The Morgan fingerprint density at radius 1 is 1.22 bits per heavy atom. The van der Waals surface area contributed by atoms with Crippen molar-refractivity contribution in [2.45, 2.75) is 59.0 Å². The molecule has 0 bridgehead atoms. The summed E-state index contributed by atoms with van der Waals surface area (Å²) in [5.74, 6) is -1.75. The van der Waals surface area contributed by atoms with E-state index in [0.717, 1.165) is 25.7 Å². The van der Waals surface area contributed by atoms with Crippen molar-refractivity contribution in [3.8, 4) is 0 Å². The van der Waals surface area contributed by atoms with E-state index < -0.39 is 30.1 Å². The van der Waals surface area contributed by atoms with Gasteiger partial charge < -0.3 is 14.9 Å². The van der Waals surface area contributed by atoms with Gasteiger partial charge >= 0.3 is 11.9 Å². The van der Waals surface area contributed by atoms with Crippen LogP contribution in [0, 0.1) is 5.41 Å². The predicted octanol–water partition coefficient (Wildman–Crippen LogP) is 1.41. The summed E-state index contributed by atoms with van der Waals surface area (Å²) in [5.41, 5.74) is -0.751. The van der Waals surface area contributed by atoms with Gasteiger partial charge in [-0.05, 0) is 20.3 Å². The van der Waals surface area contributed by atoms with Crippen LogP contribution >= 0.6 is 0 Å². The lowest BCUT2D eigenvalue weighted by Crippen LogP contribution is -2.34. The van der Waals surface area contributed by atoms with Gasteiger partial charge in [-0.1, -0.05) is 32.6 Å². The van der Waals surface area contributed by atoms with E-state index in [0.29, 0.717) is 6.42 Å². The van der Waals surface area contributed by atoms with Crippen LogP contribution in [0.25, 0.3) is 0 Å². The summed E-state index contributed by atoms with van der Waals surface area (Å²) in [6, 6.07) is 0. The lowest BCUT2D eigenvalue weighted by Gasteiger charge is -2.22. The van der Waals surface area contributed by atoms with E-state index in [1.54, 1.807) is 13.8 Å². The highest BCUT2D eigenvalue weighted by atomic mass is 16.6. The minimum Gasteiger partial charge on any atom is -0.393 e. The third-order valence-corrected chi connectivity index (χ3v) is 2.85. The Morgan fingerprint density at radius 2 is 1.83 bits per heavy atom. The fourth-order valence-electron chi connectivity index (χ4n) is 1.47. The van der Waals surface area contributed by atoms with Crippen LogP contribution in [-0.2, 0) is 14.3 Å². The Balaban J connectivity index is 4.17. The number of rotatable bonds is 8. The van der Waals surface area contributed by atoms with Gasteiger partial charge in [-0.3, -0.25) is 4.79 Å². The van der Waals surface area contributed by atoms with Gasteiger partial charge in [-0.25, -0.2) is 4.79 Å². The normalized spacial score (nSPS) is 13.2. The van der Waals surface area contributed by atoms with E-state index in [9.17, 15) is 9.59 Å². The molecule has 0 spiro atoms. The van der Waals surface area contributed by atoms with Crippen molar-refractivity contribution in [1.82, 2.24) is 0 Å². The zero-order valence-electron chi connectivity index (χ0n) is 11.4. The van der Waals surface area contributed by atoms with Crippen molar-refractivity contribution in [3.63, 3.8) is 0 Å². The van der Waals surface area contributed by atoms with Gasteiger partial charge in [0.15, 0.2) is 6.10 Å². The molecule has 18 heavy (non-hydrogen) atoms. The molecule has 0 radical (unpaired) electrons. The van der Waals surface area contributed by atoms with Gasteiger partial charge in [-0.2, -0.15) is 0 Å². The molecule has 1 atom stereocenters.